The second-order valence-electron chi connectivity index (χ2n) is 8.05. The highest BCUT2D eigenvalue weighted by molar-refractivity contribution is 5.82. The van der Waals surface area contributed by atoms with Crippen LogP contribution in [0.1, 0.15) is 60.8 Å². The number of carbonyl (C=O) groups is 1. The summed E-state index contributed by atoms with van der Waals surface area (Å²) in [6, 6.07) is 6.30. The summed E-state index contributed by atoms with van der Waals surface area (Å²) in [4.78, 5) is 21.1. The van der Waals surface area contributed by atoms with Gasteiger partial charge in [-0.25, -0.2) is 9.97 Å². The number of carbonyl (C=O) groups excluding carboxylic acids is 1. The quantitative estimate of drug-likeness (QED) is 0.336. The highest BCUT2D eigenvalue weighted by Crippen LogP contribution is 2.27. The normalized spacial score (nSPS) is 14.2. The van der Waals surface area contributed by atoms with Crippen molar-refractivity contribution in [3.05, 3.63) is 35.2 Å². The van der Waals surface area contributed by atoms with Gasteiger partial charge in [-0.15, -0.1) is 0 Å². The van der Waals surface area contributed by atoms with Gasteiger partial charge in [-0.1, -0.05) is 13.3 Å². The molecule has 174 valence electrons. The van der Waals surface area contributed by atoms with E-state index in [0.29, 0.717) is 17.9 Å². The third-order valence-corrected chi connectivity index (χ3v) is 5.64. The third kappa shape index (κ3) is 6.64. The second-order valence-corrected chi connectivity index (χ2v) is 8.05. The number of nitrogens with one attached hydrogen (secondary N) is 2. The lowest BCUT2D eigenvalue weighted by molar-refractivity contribution is 0.0903. The average Bonchev–Trinajstić information content (AvgIpc) is 2.82. The summed E-state index contributed by atoms with van der Waals surface area (Å²) in [7, 11) is 1.65. The lowest BCUT2D eigenvalue weighted by Gasteiger charge is -2.25. The van der Waals surface area contributed by atoms with Gasteiger partial charge in [0.25, 0.3) is 0 Å². The van der Waals surface area contributed by atoms with Crippen molar-refractivity contribution in [2.45, 2.75) is 57.9 Å². The molecule has 0 bridgehead atoms. The Labute approximate surface area is 190 Å². The Kier molecular flexibility index (Phi) is 9.25. The minimum absolute atomic E-state index is 0.287. The van der Waals surface area contributed by atoms with E-state index in [9.17, 15) is 4.79 Å². The largest absolute Gasteiger partial charge is 0.497 e. The van der Waals surface area contributed by atoms with Gasteiger partial charge >= 0.3 is 0 Å². The van der Waals surface area contributed by atoms with Crippen LogP contribution in [-0.4, -0.2) is 49.2 Å². The molecule has 0 radical (unpaired) electrons. The van der Waals surface area contributed by atoms with E-state index in [1.807, 2.05) is 19.1 Å². The molecule has 1 aliphatic rings. The molecule has 1 saturated heterocycles. The Bertz CT molecular complexity index is 884. The van der Waals surface area contributed by atoms with Gasteiger partial charge in [-0.05, 0) is 62.8 Å². The molecule has 1 aromatic heterocycles. The first-order chi connectivity index (χ1) is 15.7. The summed E-state index contributed by atoms with van der Waals surface area (Å²) in [5, 5.41) is 6.81. The minimum Gasteiger partial charge on any atom is -0.497 e. The zero-order chi connectivity index (χ0) is 22.8. The zero-order valence-electron chi connectivity index (χ0n) is 19.2. The number of ether oxygens (including phenoxy) is 2. The average molecular weight is 442 g/mol. The van der Waals surface area contributed by atoms with Crippen LogP contribution in [0.25, 0.3) is 0 Å². The fourth-order valence-corrected chi connectivity index (χ4v) is 3.84. The van der Waals surface area contributed by atoms with Crippen molar-refractivity contribution in [3.8, 4) is 5.75 Å². The Hall–Kier alpha value is -2.71. The minimum atomic E-state index is 0.287. The molecule has 1 aliphatic heterocycles. The molecule has 1 aromatic carbocycles. The molecule has 0 amide bonds. The number of rotatable bonds is 12. The van der Waals surface area contributed by atoms with Gasteiger partial charge in [0.15, 0.2) is 12.1 Å². The third-order valence-electron chi connectivity index (χ3n) is 5.64. The number of anilines is 3. The molecule has 4 N–H and O–H groups in total. The Morgan fingerprint density at radius 2 is 1.97 bits per heavy atom. The smallest absolute Gasteiger partial charge is 0.172 e. The number of hydrogen-bond donors (Lipinski definition) is 3. The Morgan fingerprint density at radius 3 is 2.66 bits per heavy atom. The lowest BCUT2D eigenvalue weighted by atomic mass is 10.1. The number of aromatic nitrogens is 2. The predicted molar refractivity (Wildman–Crippen MR) is 127 cm³/mol. The van der Waals surface area contributed by atoms with Crippen LogP contribution in [-0.2, 0) is 17.6 Å². The summed E-state index contributed by atoms with van der Waals surface area (Å²) >= 11 is 0. The van der Waals surface area contributed by atoms with Gasteiger partial charge in [0, 0.05) is 31.0 Å². The van der Waals surface area contributed by atoms with Crippen LogP contribution in [0.3, 0.4) is 0 Å². The van der Waals surface area contributed by atoms with Gasteiger partial charge in [0.1, 0.15) is 17.3 Å². The number of nitrogens with two attached hydrogens (primary N) is 1. The van der Waals surface area contributed by atoms with E-state index in [4.69, 9.17) is 20.2 Å². The monoisotopic (exact) mass is 441 g/mol. The van der Waals surface area contributed by atoms with Crippen LogP contribution in [0.2, 0.25) is 0 Å². The molecule has 3 rings (SSSR count). The van der Waals surface area contributed by atoms with Crippen LogP contribution < -0.4 is 21.1 Å². The van der Waals surface area contributed by atoms with E-state index < -0.39 is 0 Å². The van der Waals surface area contributed by atoms with E-state index in [1.165, 1.54) is 0 Å². The number of methoxy groups -OCH3 is 1. The molecule has 2 aromatic rings. The molecule has 0 aliphatic carbocycles. The number of nitrogens with zero attached hydrogens (tertiary/aromatic N) is 2. The van der Waals surface area contributed by atoms with Crippen molar-refractivity contribution in [3.63, 3.8) is 0 Å². The molecule has 0 unspecified atom stereocenters. The molecule has 0 spiro atoms. The van der Waals surface area contributed by atoms with Crippen LogP contribution in [0.15, 0.2) is 18.2 Å². The number of hydrogen-bond acceptors (Lipinski definition) is 8. The van der Waals surface area contributed by atoms with E-state index in [0.717, 1.165) is 93.1 Å². The first-order valence-electron chi connectivity index (χ1n) is 11.5. The molecule has 32 heavy (non-hydrogen) atoms. The molecule has 8 nitrogen and oxygen atoms in total. The van der Waals surface area contributed by atoms with Gasteiger partial charge < -0.3 is 25.8 Å². The number of aldehydes is 1. The Balaban J connectivity index is 1.84. The maximum atomic E-state index is 11.8. The summed E-state index contributed by atoms with van der Waals surface area (Å²) in [6.07, 6.45) is 7.40. The maximum absolute atomic E-state index is 11.8. The SMILES string of the molecule is CCc1nc(C=O)c(Nc2cc(CCCCCN)cc(OC)c2)nc1NC1CCOCC1. The first kappa shape index (κ1) is 23.9. The maximum Gasteiger partial charge on any atom is 0.172 e. The predicted octanol–water partition coefficient (Wildman–Crippen LogP) is 3.87. The fraction of sp³-hybridized carbons (Fsp3) is 0.542. The van der Waals surface area contributed by atoms with E-state index in [1.54, 1.807) is 7.11 Å². The zero-order valence-corrected chi connectivity index (χ0v) is 19.2. The molecule has 2 heterocycles. The van der Waals surface area contributed by atoms with Crippen molar-refractivity contribution in [2.75, 3.05) is 37.5 Å². The van der Waals surface area contributed by atoms with Crippen molar-refractivity contribution in [2.24, 2.45) is 5.73 Å². The molecule has 1 fully saturated rings. The summed E-state index contributed by atoms with van der Waals surface area (Å²) < 4.78 is 10.9. The summed E-state index contributed by atoms with van der Waals surface area (Å²) in [5.41, 5.74) is 8.66. The van der Waals surface area contributed by atoms with Crippen LogP contribution in [0.5, 0.6) is 5.75 Å². The van der Waals surface area contributed by atoms with Crippen molar-refractivity contribution >= 4 is 23.6 Å². The van der Waals surface area contributed by atoms with Crippen LogP contribution in [0, 0.1) is 0 Å². The van der Waals surface area contributed by atoms with Crippen molar-refractivity contribution in [1.82, 2.24) is 9.97 Å². The highest BCUT2D eigenvalue weighted by Gasteiger charge is 2.19. The van der Waals surface area contributed by atoms with E-state index >= 15 is 0 Å². The van der Waals surface area contributed by atoms with Gasteiger partial charge in [-0.2, -0.15) is 0 Å². The number of unbranched alkanes of at least 4 members (excludes halogenated alkanes) is 2. The van der Waals surface area contributed by atoms with Gasteiger partial charge in [-0.3, -0.25) is 4.79 Å². The molecular formula is C24H35N5O3. The second kappa shape index (κ2) is 12.4. The topological polar surface area (TPSA) is 111 Å². The first-order valence-corrected chi connectivity index (χ1v) is 11.5. The van der Waals surface area contributed by atoms with Crippen molar-refractivity contribution < 1.29 is 14.3 Å². The van der Waals surface area contributed by atoms with Gasteiger partial charge in [0.05, 0.1) is 12.8 Å². The van der Waals surface area contributed by atoms with Crippen molar-refractivity contribution in [1.29, 1.82) is 0 Å². The van der Waals surface area contributed by atoms with E-state index in [-0.39, 0.29) is 6.04 Å². The summed E-state index contributed by atoms with van der Waals surface area (Å²) in [6.45, 7) is 4.21. The highest BCUT2D eigenvalue weighted by atomic mass is 16.5. The van der Waals surface area contributed by atoms with Crippen LogP contribution >= 0.6 is 0 Å². The fourth-order valence-electron chi connectivity index (χ4n) is 3.84. The number of benzene rings is 1. The Morgan fingerprint density at radius 1 is 1.16 bits per heavy atom. The number of aryl methyl sites for hydroxylation is 2. The molecular weight excluding hydrogens is 406 g/mol. The molecule has 0 saturated carbocycles. The standard InChI is InChI=1S/C24H35N5O3/c1-3-21-23(26-18-8-11-32-12-9-18)29-24(22(16-30)28-21)27-19-13-17(7-5-4-6-10-25)14-20(15-19)31-2/h13-16,18H,3-12,25H2,1-2H3,(H2,26,27,29). The molecule has 0 atom stereocenters. The van der Waals surface area contributed by atoms with E-state index in [2.05, 4.69) is 21.7 Å². The van der Waals surface area contributed by atoms with Gasteiger partial charge in [0.2, 0.25) is 0 Å². The molecule has 8 heteroatoms. The lowest BCUT2D eigenvalue weighted by Crippen LogP contribution is -2.29. The summed E-state index contributed by atoms with van der Waals surface area (Å²) in [5.74, 6) is 1.92. The van der Waals surface area contributed by atoms with Crippen LogP contribution in [0.4, 0.5) is 17.3 Å².